The van der Waals surface area contributed by atoms with Crippen molar-refractivity contribution in [3.05, 3.63) is 82.2 Å². The Labute approximate surface area is 495 Å². The molecule has 4 heterocycles. The minimum Gasteiger partial charge on any atom is -0.458 e. The third kappa shape index (κ3) is 21.4. The fraction of sp³-hybridized carbons (Fsp3) is 0.576. The van der Waals surface area contributed by atoms with Crippen LogP contribution in [-0.4, -0.2) is 173 Å². The van der Waals surface area contributed by atoms with Crippen molar-refractivity contribution in [2.24, 2.45) is 0 Å². The van der Waals surface area contributed by atoms with Gasteiger partial charge in [-0.25, -0.2) is 29.1 Å². The number of ether oxygens (including phenoxy) is 6. The predicted molar refractivity (Wildman–Crippen MR) is 323 cm³/mol. The van der Waals surface area contributed by atoms with Gasteiger partial charge in [-0.05, 0) is 118 Å². The molecule has 2 aromatic heterocycles. The normalized spacial score (nSPS) is 13.9. The average Bonchev–Trinajstić information content (AvgIpc) is 3.55. The molecule has 25 heteroatoms. The van der Waals surface area contributed by atoms with Gasteiger partial charge in [-0.1, -0.05) is 39.1 Å². The highest BCUT2D eigenvalue weighted by atomic mass is 16.6. The Morgan fingerprint density at radius 3 is 1.35 bits per heavy atom. The van der Waals surface area contributed by atoms with Crippen LogP contribution in [0.15, 0.2) is 60.9 Å². The number of rotatable bonds is 21. The van der Waals surface area contributed by atoms with Gasteiger partial charge in [0.2, 0.25) is 23.6 Å². The Kier molecular flexibility index (Phi) is 27.5. The molecule has 0 bridgehead atoms. The van der Waals surface area contributed by atoms with E-state index in [1.54, 1.807) is 90.2 Å². The summed E-state index contributed by atoms with van der Waals surface area (Å²) >= 11 is 0. The molecule has 2 atom stereocenters. The molecule has 0 saturated carbocycles. The van der Waals surface area contributed by atoms with Gasteiger partial charge in [-0.3, -0.25) is 14.9 Å². The number of esters is 2. The van der Waals surface area contributed by atoms with Crippen molar-refractivity contribution in [3.8, 4) is 11.5 Å². The SMILES string of the molecule is C.C.CCN(CC)c1ncc(N(C(C)=O)C(C)C)c(N[C@@H](Cc2ccc(OC(=O)N3CCOCC3)cc2)C(=O)OC(C)(C)C)n1.CCN(CC)c1ncc([N+](=O)[O-])c(N[C@@H](Cc2ccc(OC(=O)N3CCOCC3)cc2)C(=O)OC(C)(C)C)n1. The van der Waals surface area contributed by atoms with E-state index in [0.29, 0.717) is 119 Å². The van der Waals surface area contributed by atoms with E-state index in [2.05, 4.69) is 25.6 Å². The molecule has 25 nitrogen and oxygen atoms in total. The van der Waals surface area contributed by atoms with Gasteiger partial charge in [0.05, 0.1) is 37.5 Å². The molecule has 0 aliphatic carbocycles. The zero-order valence-corrected chi connectivity index (χ0v) is 49.7. The highest BCUT2D eigenvalue weighted by Gasteiger charge is 2.32. The van der Waals surface area contributed by atoms with Gasteiger partial charge in [0.1, 0.15) is 46.7 Å². The maximum Gasteiger partial charge on any atom is 0.415 e. The summed E-state index contributed by atoms with van der Waals surface area (Å²) in [6.45, 7) is 30.2. The number of carbonyl (C=O) groups is 5. The molecular weight excluding hydrogens is 1080 g/mol. The number of amides is 3. The summed E-state index contributed by atoms with van der Waals surface area (Å²) < 4.78 is 32.9. The Morgan fingerprint density at radius 1 is 0.631 bits per heavy atom. The van der Waals surface area contributed by atoms with Crippen molar-refractivity contribution < 1.29 is 57.3 Å². The van der Waals surface area contributed by atoms with Crippen LogP contribution < -0.4 is 34.8 Å². The Balaban J connectivity index is 0.000000432. The van der Waals surface area contributed by atoms with Crippen molar-refractivity contribution in [3.63, 3.8) is 0 Å². The molecular formula is C59H90N12O13. The van der Waals surface area contributed by atoms with Crippen LogP contribution in [0.4, 0.5) is 44.5 Å². The molecule has 464 valence electrons. The third-order valence-electron chi connectivity index (χ3n) is 12.6. The largest absolute Gasteiger partial charge is 0.458 e. The van der Waals surface area contributed by atoms with Gasteiger partial charge in [0.25, 0.3) is 0 Å². The van der Waals surface area contributed by atoms with Crippen molar-refractivity contribution in [2.45, 2.75) is 147 Å². The molecule has 0 unspecified atom stereocenters. The van der Waals surface area contributed by atoms with Crippen LogP contribution >= 0.6 is 0 Å². The molecule has 0 radical (unpaired) electrons. The highest BCUT2D eigenvalue weighted by Crippen LogP contribution is 2.31. The van der Waals surface area contributed by atoms with E-state index in [1.165, 1.54) is 6.92 Å². The van der Waals surface area contributed by atoms with Crippen LogP contribution in [0.25, 0.3) is 0 Å². The summed E-state index contributed by atoms with van der Waals surface area (Å²) in [6.07, 6.45) is 2.25. The van der Waals surface area contributed by atoms with Gasteiger partial charge in [-0.2, -0.15) is 9.97 Å². The molecule has 6 rings (SSSR count). The molecule has 2 aliphatic rings. The number of benzene rings is 2. The standard InChI is InChI=1S/C31H46N6O6.C26H36N6O7.2CH4/c1-9-35(10-2)29-32-20-26(37(21(3)4)22(5)38)27(34-29)33-25(28(39)43-31(6,7)8)19-23-11-13-24(14-12-23)42-30(40)36-15-17-41-18-16-36;1-6-30(7-2)24-27-17-21(32(35)36)22(29-24)28-20(23(33)39-26(3,4)5)16-18-8-10-19(11-9-18)38-25(34)31-12-14-37-15-13-31;;/h11-14,20-21,25H,9-10,15-19H2,1-8H3,(H,32,33,34);8-11,17,20H,6-7,12-16H2,1-5H3,(H,27,28,29);2*1H4/t25-;20-;;/m00../s1. The Bertz CT molecular complexity index is 2750. The Hall–Kier alpha value is -7.93. The van der Waals surface area contributed by atoms with E-state index in [0.717, 1.165) is 11.8 Å². The number of nitro groups is 1. The van der Waals surface area contributed by atoms with Crippen LogP contribution in [0.1, 0.15) is 116 Å². The lowest BCUT2D eigenvalue weighted by atomic mass is 10.0. The zero-order valence-electron chi connectivity index (χ0n) is 49.7. The number of hydrogen-bond acceptors (Lipinski definition) is 21. The van der Waals surface area contributed by atoms with E-state index < -0.39 is 52.3 Å². The van der Waals surface area contributed by atoms with Gasteiger partial charge in [0.15, 0.2) is 5.82 Å². The number of anilines is 5. The predicted octanol–water partition coefficient (Wildman–Crippen LogP) is 8.98. The summed E-state index contributed by atoms with van der Waals surface area (Å²) in [7, 11) is 0. The molecule has 2 fully saturated rings. The maximum absolute atomic E-state index is 13.5. The van der Waals surface area contributed by atoms with E-state index in [4.69, 9.17) is 33.4 Å². The summed E-state index contributed by atoms with van der Waals surface area (Å²) in [4.78, 5) is 102. The lowest BCUT2D eigenvalue weighted by molar-refractivity contribution is -0.384. The van der Waals surface area contributed by atoms with Crippen LogP contribution in [-0.2, 0) is 46.2 Å². The number of morpholine rings is 2. The second-order valence-electron chi connectivity index (χ2n) is 21.5. The molecule has 2 aliphatic heterocycles. The van der Waals surface area contributed by atoms with Gasteiger partial charge < -0.3 is 63.6 Å². The van der Waals surface area contributed by atoms with Gasteiger partial charge >= 0.3 is 29.8 Å². The first-order chi connectivity index (χ1) is 38.8. The number of nitrogens with zero attached hydrogens (tertiary/aromatic N) is 10. The topological polar surface area (TPSA) is 276 Å². The lowest BCUT2D eigenvalue weighted by Gasteiger charge is -2.30. The van der Waals surface area contributed by atoms with Crippen LogP contribution in [0, 0.1) is 10.1 Å². The van der Waals surface area contributed by atoms with Crippen LogP contribution in [0.5, 0.6) is 11.5 Å². The smallest absolute Gasteiger partial charge is 0.415 e. The lowest BCUT2D eigenvalue weighted by Crippen LogP contribution is -2.42. The number of hydrogen-bond donors (Lipinski definition) is 2. The number of carbonyl (C=O) groups excluding carboxylic acids is 5. The van der Waals surface area contributed by atoms with Gasteiger partial charge in [-0.15, -0.1) is 0 Å². The monoisotopic (exact) mass is 1170 g/mol. The van der Waals surface area contributed by atoms with Crippen molar-refractivity contribution >= 4 is 64.9 Å². The maximum atomic E-state index is 13.5. The fourth-order valence-corrected chi connectivity index (χ4v) is 8.53. The molecule has 0 spiro atoms. The first-order valence-corrected chi connectivity index (χ1v) is 27.8. The summed E-state index contributed by atoms with van der Waals surface area (Å²) in [6, 6.07) is 11.7. The second-order valence-corrected chi connectivity index (χ2v) is 21.5. The van der Waals surface area contributed by atoms with Crippen molar-refractivity contribution in [1.29, 1.82) is 0 Å². The minimum atomic E-state index is -0.996. The second kappa shape index (κ2) is 32.8. The molecule has 4 aromatic rings. The average molecular weight is 1180 g/mol. The number of nitrogens with one attached hydrogen (secondary N) is 2. The third-order valence-corrected chi connectivity index (χ3v) is 12.6. The van der Waals surface area contributed by atoms with Crippen LogP contribution in [0.3, 0.4) is 0 Å². The van der Waals surface area contributed by atoms with E-state index >= 15 is 0 Å². The number of aromatic nitrogens is 4. The molecule has 2 saturated heterocycles. The quantitative estimate of drug-likeness (QED) is 0.0447. The molecule has 2 aromatic carbocycles. The minimum absolute atomic E-state index is 0. The fourth-order valence-electron chi connectivity index (χ4n) is 8.53. The van der Waals surface area contributed by atoms with E-state index in [1.807, 2.05) is 72.1 Å². The van der Waals surface area contributed by atoms with Crippen LogP contribution in [0.2, 0.25) is 0 Å². The summed E-state index contributed by atoms with van der Waals surface area (Å²) in [5.74, 6) is 0.585. The first kappa shape index (κ1) is 70.3. The summed E-state index contributed by atoms with van der Waals surface area (Å²) in [5, 5.41) is 18.0. The summed E-state index contributed by atoms with van der Waals surface area (Å²) in [5.41, 5.74) is 0.130. The zero-order chi connectivity index (χ0) is 60.3. The van der Waals surface area contributed by atoms with Crippen molar-refractivity contribution in [2.75, 3.05) is 104 Å². The molecule has 3 amide bonds. The molecule has 84 heavy (non-hydrogen) atoms. The van der Waals surface area contributed by atoms with Gasteiger partial charge in [0, 0.05) is 78.2 Å². The Morgan fingerprint density at radius 2 is 1.00 bits per heavy atom. The highest BCUT2D eigenvalue weighted by molar-refractivity contribution is 5.95. The molecule has 2 N–H and O–H groups in total. The first-order valence-electron chi connectivity index (χ1n) is 27.8. The van der Waals surface area contributed by atoms with E-state index in [9.17, 15) is 34.1 Å². The van der Waals surface area contributed by atoms with E-state index in [-0.39, 0.29) is 51.1 Å². The van der Waals surface area contributed by atoms with Crippen molar-refractivity contribution in [1.82, 2.24) is 29.7 Å².